The Bertz CT molecular complexity index is 1010. The molecule has 0 unspecified atom stereocenters. The van der Waals surface area contributed by atoms with Crippen LogP contribution < -0.4 is 0 Å². The van der Waals surface area contributed by atoms with Gasteiger partial charge in [0, 0.05) is 48.6 Å². The topological polar surface area (TPSA) is 53.9 Å². The number of likely N-dealkylation sites (tertiary alicyclic amines) is 1. The Morgan fingerprint density at radius 3 is 2.54 bits per heavy atom. The summed E-state index contributed by atoms with van der Waals surface area (Å²) >= 11 is 0. The zero-order chi connectivity index (χ0) is 19.8. The summed E-state index contributed by atoms with van der Waals surface area (Å²) in [7, 11) is 0. The highest BCUT2D eigenvalue weighted by molar-refractivity contribution is 5.93. The number of rotatable bonds is 4. The molecule has 28 heavy (non-hydrogen) atoms. The smallest absolute Gasteiger partial charge is 0.227 e. The molecule has 0 spiro atoms. The molecule has 1 aliphatic rings. The molecule has 1 aliphatic heterocycles. The maximum atomic E-state index is 13.0. The monoisotopic (exact) mass is 378 g/mol. The number of imidazole rings is 1. The lowest BCUT2D eigenvalue weighted by Gasteiger charge is -2.32. The minimum absolute atomic E-state index is 0.252. The molecule has 1 N–H and O–H groups in total. The molecule has 0 radical (unpaired) electrons. The van der Waals surface area contributed by atoms with Gasteiger partial charge in [-0.3, -0.25) is 4.79 Å². The molecular weight excluding hydrogens is 348 g/mol. The van der Waals surface area contributed by atoms with Gasteiger partial charge in [-0.1, -0.05) is 12.1 Å². The van der Waals surface area contributed by atoms with Crippen LogP contribution in [0.2, 0.25) is 0 Å². The first-order valence-electron chi connectivity index (χ1n) is 10.3. The molecule has 3 aromatic rings. The van der Waals surface area contributed by atoms with E-state index in [0.29, 0.717) is 12.3 Å². The van der Waals surface area contributed by atoms with Gasteiger partial charge in [0.15, 0.2) is 0 Å². The van der Waals surface area contributed by atoms with Crippen LogP contribution in [0, 0.1) is 33.6 Å². The van der Waals surface area contributed by atoms with Gasteiger partial charge in [0.1, 0.15) is 5.82 Å². The highest BCUT2D eigenvalue weighted by Crippen LogP contribution is 2.29. The summed E-state index contributed by atoms with van der Waals surface area (Å²) in [5, 5.41) is 1.23. The van der Waals surface area contributed by atoms with Crippen LogP contribution in [0.5, 0.6) is 0 Å². The molecule has 0 aliphatic carbocycles. The summed E-state index contributed by atoms with van der Waals surface area (Å²) in [6.45, 7) is 11.1. The number of carbonyl (C=O) groups is 1. The van der Waals surface area contributed by atoms with Crippen LogP contribution in [0.3, 0.4) is 0 Å². The molecule has 5 heteroatoms. The largest absolute Gasteiger partial charge is 0.358 e. The summed E-state index contributed by atoms with van der Waals surface area (Å²) in [5.74, 6) is 1.94. The van der Waals surface area contributed by atoms with E-state index in [2.05, 4.69) is 58.5 Å². The molecule has 5 nitrogen and oxygen atoms in total. The molecule has 1 aromatic carbocycles. The van der Waals surface area contributed by atoms with E-state index < -0.39 is 0 Å². The van der Waals surface area contributed by atoms with Crippen LogP contribution in [0.15, 0.2) is 24.5 Å². The first-order valence-corrected chi connectivity index (χ1v) is 10.3. The lowest BCUT2D eigenvalue weighted by molar-refractivity contribution is -0.131. The minimum Gasteiger partial charge on any atom is -0.358 e. The van der Waals surface area contributed by atoms with Crippen LogP contribution in [0.4, 0.5) is 0 Å². The molecule has 1 fully saturated rings. The number of hydrogen-bond donors (Lipinski definition) is 1. The Morgan fingerprint density at radius 2 is 1.86 bits per heavy atom. The predicted molar refractivity (Wildman–Crippen MR) is 112 cm³/mol. The number of hydrogen-bond acceptors (Lipinski definition) is 2. The van der Waals surface area contributed by atoms with Crippen LogP contribution in [0.25, 0.3) is 10.9 Å². The molecule has 0 bridgehead atoms. The molecule has 0 saturated carbocycles. The highest BCUT2D eigenvalue weighted by Gasteiger charge is 2.25. The van der Waals surface area contributed by atoms with Crippen molar-refractivity contribution in [1.29, 1.82) is 0 Å². The Morgan fingerprint density at radius 1 is 1.14 bits per heavy atom. The van der Waals surface area contributed by atoms with Gasteiger partial charge >= 0.3 is 0 Å². The van der Waals surface area contributed by atoms with E-state index in [9.17, 15) is 4.79 Å². The molecule has 1 saturated heterocycles. The molecule has 4 rings (SSSR count). The van der Waals surface area contributed by atoms with Gasteiger partial charge in [0.05, 0.1) is 6.42 Å². The van der Waals surface area contributed by atoms with Gasteiger partial charge in [-0.05, 0) is 63.1 Å². The van der Waals surface area contributed by atoms with Crippen molar-refractivity contribution in [3.05, 3.63) is 52.7 Å². The number of benzene rings is 1. The molecule has 3 heterocycles. The molecular formula is C23H30N4O. The Labute approximate surface area is 166 Å². The molecule has 148 valence electrons. The number of nitrogens with zero attached hydrogens (tertiary/aromatic N) is 3. The fourth-order valence-corrected chi connectivity index (χ4v) is 4.54. The van der Waals surface area contributed by atoms with Crippen molar-refractivity contribution in [1.82, 2.24) is 19.4 Å². The standard InChI is InChI=1S/C23H30N4O/c1-15-5-6-16(2)23-22(15)20(17(3)25-23)13-21(28)26-10-7-19(8-11-26)14-27-12-9-24-18(27)4/h5-6,9,12,19,25H,7-8,10-11,13-14H2,1-4H3. The van der Waals surface area contributed by atoms with Gasteiger partial charge in [-0.15, -0.1) is 0 Å². The van der Waals surface area contributed by atoms with Crippen molar-refractivity contribution >= 4 is 16.8 Å². The Balaban J connectivity index is 1.43. The number of nitrogens with one attached hydrogen (secondary N) is 1. The first-order chi connectivity index (χ1) is 13.4. The zero-order valence-electron chi connectivity index (χ0n) is 17.4. The molecule has 2 aromatic heterocycles. The van der Waals surface area contributed by atoms with E-state index in [-0.39, 0.29) is 5.91 Å². The average molecular weight is 379 g/mol. The third-order valence-corrected chi connectivity index (χ3v) is 6.36. The van der Waals surface area contributed by atoms with Crippen LogP contribution >= 0.6 is 0 Å². The van der Waals surface area contributed by atoms with Crippen molar-refractivity contribution in [2.45, 2.75) is 53.5 Å². The van der Waals surface area contributed by atoms with E-state index in [1.54, 1.807) is 0 Å². The second-order valence-corrected chi connectivity index (χ2v) is 8.31. The van der Waals surface area contributed by atoms with Gasteiger partial charge in [0.25, 0.3) is 0 Å². The van der Waals surface area contributed by atoms with Gasteiger partial charge in [-0.25, -0.2) is 4.98 Å². The van der Waals surface area contributed by atoms with Gasteiger partial charge < -0.3 is 14.5 Å². The van der Waals surface area contributed by atoms with E-state index in [4.69, 9.17) is 0 Å². The zero-order valence-corrected chi connectivity index (χ0v) is 17.4. The van der Waals surface area contributed by atoms with Gasteiger partial charge in [0.2, 0.25) is 5.91 Å². The lowest BCUT2D eigenvalue weighted by Crippen LogP contribution is -2.40. The van der Waals surface area contributed by atoms with Crippen molar-refractivity contribution in [3.8, 4) is 0 Å². The number of amides is 1. The van der Waals surface area contributed by atoms with E-state index >= 15 is 0 Å². The highest BCUT2D eigenvalue weighted by atomic mass is 16.2. The summed E-state index contributed by atoms with van der Waals surface area (Å²) in [6, 6.07) is 4.30. The Kier molecular flexibility index (Phi) is 5.00. The predicted octanol–water partition coefficient (Wildman–Crippen LogP) is 4.08. The molecule has 1 amide bonds. The van der Waals surface area contributed by atoms with E-state index in [1.807, 2.05) is 13.1 Å². The number of fused-ring (bicyclic) bond motifs is 1. The second kappa shape index (κ2) is 7.46. The number of piperidine rings is 1. The van der Waals surface area contributed by atoms with Gasteiger partial charge in [-0.2, -0.15) is 0 Å². The summed E-state index contributed by atoms with van der Waals surface area (Å²) < 4.78 is 2.22. The van der Waals surface area contributed by atoms with Crippen molar-refractivity contribution < 1.29 is 4.79 Å². The van der Waals surface area contributed by atoms with E-state index in [0.717, 1.165) is 49.6 Å². The fourth-order valence-electron chi connectivity index (χ4n) is 4.54. The second-order valence-electron chi connectivity index (χ2n) is 8.31. The van der Waals surface area contributed by atoms with Crippen molar-refractivity contribution in [3.63, 3.8) is 0 Å². The van der Waals surface area contributed by atoms with E-state index in [1.165, 1.54) is 22.0 Å². The molecule has 0 atom stereocenters. The quantitative estimate of drug-likeness (QED) is 0.744. The summed E-state index contributed by atoms with van der Waals surface area (Å²) in [6.07, 6.45) is 6.53. The summed E-state index contributed by atoms with van der Waals surface area (Å²) in [5.41, 5.74) is 5.93. The average Bonchev–Trinajstić information content (AvgIpc) is 3.23. The maximum Gasteiger partial charge on any atom is 0.227 e. The number of H-pyrrole nitrogens is 1. The summed E-state index contributed by atoms with van der Waals surface area (Å²) in [4.78, 5) is 22.9. The lowest BCUT2D eigenvalue weighted by atomic mass is 9.95. The SMILES string of the molecule is Cc1[nH]c2c(C)ccc(C)c2c1CC(=O)N1CCC(Cn2ccnc2C)CC1. The number of carbonyl (C=O) groups excluding carboxylic acids is 1. The van der Waals surface area contributed by atoms with Crippen LogP contribution in [-0.2, 0) is 17.8 Å². The minimum atomic E-state index is 0.252. The van der Waals surface area contributed by atoms with Crippen LogP contribution in [-0.4, -0.2) is 38.4 Å². The van der Waals surface area contributed by atoms with Crippen molar-refractivity contribution in [2.75, 3.05) is 13.1 Å². The number of aryl methyl sites for hydroxylation is 4. The normalized spacial score (nSPS) is 15.5. The number of aromatic nitrogens is 3. The fraction of sp³-hybridized carbons (Fsp3) is 0.478. The maximum absolute atomic E-state index is 13.0. The first kappa shape index (κ1) is 18.8. The third kappa shape index (κ3) is 3.46. The third-order valence-electron chi connectivity index (χ3n) is 6.36. The Hall–Kier alpha value is -2.56. The van der Waals surface area contributed by atoms with Crippen molar-refractivity contribution in [2.24, 2.45) is 5.92 Å². The number of aromatic amines is 1. The van der Waals surface area contributed by atoms with Crippen LogP contribution in [0.1, 0.15) is 41.1 Å².